The van der Waals surface area contributed by atoms with E-state index in [9.17, 15) is 10.2 Å². The molecule has 0 aliphatic rings. The van der Waals surface area contributed by atoms with Crippen molar-refractivity contribution in [2.75, 3.05) is 13.2 Å². The van der Waals surface area contributed by atoms with Gasteiger partial charge in [0.15, 0.2) is 0 Å². The molecule has 23 heavy (non-hydrogen) atoms. The molecule has 0 bridgehead atoms. The molecule has 2 N–H and O–H groups in total. The Labute approximate surface area is 136 Å². The Morgan fingerprint density at radius 3 is 2.04 bits per heavy atom. The second-order valence-corrected chi connectivity index (χ2v) is 5.16. The van der Waals surface area contributed by atoms with Gasteiger partial charge < -0.3 is 19.7 Å². The molecule has 4 heteroatoms. The van der Waals surface area contributed by atoms with Gasteiger partial charge in [0.2, 0.25) is 0 Å². The van der Waals surface area contributed by atoms with Gasteiger partial charge >= 0.3 is 0 Å². The highest BCUT2D eigenvalue weighted by Crippen LogP contribution is 2.39. The maximum atomic E-state index is 10.1. The van der Waals surface area contributed by atoms with Crippen molar-refractivity contribution < 1.29 is 19.7 Å². The highest BCUT2D eigenvalue weighted by molar-refractivity contribution is 5.77. The lowest BCUT2D eigenvalue weighted by Crippen LogP contribution is -1.97. The van der Waals surface area contributed by atoms with Crippen LogP contribution in [0.1, 0.15) is 19.8 Å². The van der Waals surface area contributed by atoms with Crippen LogP contribution in [-0.2, 0) is 0 Å². The number of rotatable bonds is 8. The summed E-state index contributed by atoms with van der Waals surface area (Å²) in [5.41, 5.74) is 0.991. The number of aromatic hydroxyl groups is 2. The summed E-state index contributed by atoms with van der Waals surface area (Å²) >= 11 is 0. The van der Waals surface area contributed by atoms with E-state index in [0.717, 1.165) is 12.8 Å². The second kappa shape index (κ2) is 8.13. The van der Waals surface area contributed by atoms with Gasteiger partial charge in [-0.1, -0.05) is 26.0 Å². The SMILES string of the molecule is C=CCOc1ccc(O)c(-c2cc(OCCCC)ccc2O)c1. The molecule has 0 radical (unpaired) electrons. The van der Waals surface area contributed by atoms with E-state index >= 15 is 0 Å². The quantitative estimate of drug-likeness (QED) is 0.556. The van der Waals surface area contributed by atoms with E-state index in [-0.39, 0.29) is 11.5 Å². The molecule has 2 rings (SSSR count). The third kappa shape index (κ3) is 4.42. The van der Waals surface area contributed by atoms with Crippen molar-refractivity contribution in [3.63, 3.8) is 0 Å². The zero-order chi connectivity index (χ0) is 16.7. The van der Waals surface area contributed by atoms with Gasteiger partial charge in [0.1, 0.15) is 29.6 Å². The van der Waals surface area contributed by atoms with Crippen LogP contribution in [-0.4, -0.2) is 23.4 Å². The Kier molecular flexibility index (Phi) is 5.92. The van der Waals surface area contributed by atoms with Crippen molar-refractivity contribution in [3.8, 4) is 34.1 Å². The topological polar surface area (TPSA) is 58.9 Å². The standard InChI is InChI=1S/C19H22O4/c1-3-5-11-23-15-7-9-19(21)17(13-15)16-12-14(22-10-4-2)6-8-18(16)20/h4,6-9,12-13,20-21H,2-3,5,10-11H2,1H3. The number of ether oxygens (including phenoxy) is 2. The molecule has 0 aliphatic heterocycles. The summed E-state index contributed by atoms with van der Waals surface area (Å²) in [6.45, 7) is 6.69. The molecule has 0 saturated heterocycles. The van der Waals surface area contributed by atoms with Crippen molar-refractivity contribution in [1.82, 2.24) is 0 Å². The van der Waals surface area contributed by atoms with E-state index in [1.165, 1.54) is 6.07 Å². The maximum absolute atomic E-state index is 10.1. The summed E-state index contributed by atoms with van der Waals surface area (Å²) in [6, 6.07) is 9.89. The van der Waals surface area contributed by atoms with Crippen molar-refractivity contribution in [1.29, 1.82) is 0 Å². The first-order chi connectivity index (χ1) is 11.2. The average molecular weight is 314 g/mol. The molecule has 0 saturated carbocycles. The number of hydrogen-bond acceptors (Lipinski definition) is 4. The molecule has 4 nitrogen and oxygen atoms in total. The van der Waals surface area contributed by atoms with Crippen LogP contribution < -0.4 is 9.47 Å². The molecule has 122 valence electrons. The van der Waals surface area contributed by atoms with Gasteiger partial charge in [-0.25, -0.2) is 0 Å². The third-order valence-corrected chi connectivity index (χ3v) is 3.36. The van der Waals surface area contributed by atoms with Crippen molar-refractivity contribution in [3.05, 3.63) is 49.1 Å². The van der Waals surface area contributed by atoms with Gasteiger partial charge in [0.05, 0.1) is 6.61 Å². The number of unbranched alkanes of at least 4 members (excludes halogenated alkanes) is 1. The van der Waals surface area contributed by atoms with Crippen molar-refractivity contribution in [2.45, 2.75) is 19.8 Å². The molecule has 0 spiro atoms. The molecule has 2 aromatic rings. The normalized spacial score (nSPS) is 10.3. The largest absolute Gasteiger partial charge is 0.507 e. The van der Waals surface area contributed by atoms with Crippen LogP contribution in [0.3, 0.4) is 0 Å². The first-order valence-corrected chi connectivity index (χ1v) is 7.68. The molecule has 0 unspecified atom stereocenters. The molecular formula is C19H22O4. The van der Waals surface area contributed by atoms with Gasteiger partial charge in [0.25, 0.3) is 0 Å². The molecule has 2 aromatic carbocycles. The fourth-order valence-corrected chi connectivity index (χ4v) is 2.13. The van der Waals surface area contributed by atoms with Gasteiger partial charge in [-0.05, 0) is 42.8 Å². The predicted molar refractivity (Wildman–Crippen MR) is 91.3 cm³/mol. The van der Waals surface area contributed by atoms with Crippen LogP contribution in [0.25, 0.3) is 11.1 Å². The Morgan fingerprint density at radius 1 is 0.957 bits per heavy atom. The zero-order valence-electron chi connectivity index (χ0n) is 13.3. The van der Waals surface area contributed by atoms with Gasteiger partial charge in [-0.3, -0.25) is 0 Å². The fourth-order valence-electron chi connectivity index (χ4n) is 2.13. The van der Waals surface area contributed by atoms with E-state index in [0.29, 0.717) is 35.8 Å². The van der Waals surface area contributed by atoms with Crippen LogP contribution in [0.2, 0.25) is 0 Å². The highest BCUT2D eigenvalue weighted by atomic mass is 16.5. The summed E-state index contributed by atoms with van der Waals surface area (Å²) in [5.74, 6) is 1.39. The van der Waals surface area contributed by atoms with Gasteiger partial charge in [0, 0.05) is 11.1 Å². The Balaban J connectivity index is 2.32. The highest BCUT2D eigenvalue weighted by Gasteiger charge is 2.12. The molecule has 0 atom stereocenters. The number of phenols is 2. The van der Waals surface area contributed by atoms with Gasteiger partial charge in [-0.2, -0.15) is 0 Å². The fraction of sp³-hybridized carbons (Fsp3) is 0.263. The average Bonchev–Trinajstić information content (AvgIpc) is 2.56. The molecule has 0 heterocycles. The molecule has 0 aliphatic carbocycles. The van der Waals surface area contributed by atoms with E-state index in [1.807, 2.05) is 0 Å². The van der Waals surface area contributed by atoms with E-state index in [1.54, 1.807) is 36.4 Å². The molecule has 0 aromatic heterocycles. The van der Waals surface area contributed by atoms with Crippen LogP contribution in [0.4, 0.5) is 0 Å². The Morgan fingerprint density at radius 2 is 1.52 bits per heavy atom. The minimum absolute atomic E-state index is 0.0666. The smallest absolute Gasteiger partial charge is 0.123 e. The third-order valence-electron chi connectivity index (χ3n) is 3.36. The summed E-state index contributed by atoms with van der Waals surface area (Å²) in [5, 5.41) is 20.2. The van der Waals surface area contributed by atoms with Crippen LogP contribution >= 0.6 is 0 Å². The van der Waals surface area contributed by atoms with E-state index in [4.69, 9.17) is 9.47 Å². The Hall–Kier alpha value is -2.62. The van der Waals surface area contributed by atoms with Gasteiger partial charge in [-0.15, -0.1) is 0 Å². The lowest BCUT2D eigenvalue weighted by Gasteiger charge is -2.12. The first-order valence-electron chi connectivity index (χ1n) is 7.68. The first kappa shape index (κ1) is 16.7. The van der Waals surface area contributed by atoms with Crippen LogP contribution in [0.5, 0.6) is 23.0 Å². The predicted octanol–water partition coefficient (Wildman–Crippen LogP) is 4.51. The van der Waals surface area contributed by atoms with Crippen LogP contribution in [0.15, 0.2) is 49.1 Å². The second-order valence-electron chi connectivity index (χ2n) is 5.16. The lowest BCUT2D eigenvalue weighted by atomic mass is 10.0. The lowest BCUT2D eigenvalue weighted by molar-refractivity contribution is 0.309. The summed E-state index contributed by atoms with van der Waals surface area (Å²) in [6.07, 6.45) is 3.66. The number of phenolic OH excluding ortho intramolecular Hbond substituents is 2. The van der Waals surface area contributed by atoms with Crippen molar-refractivity contribution in [2.24, 2.45) is 0 Å². The zero-order valence-corrected chi connectivity index (χ0v) is 13.3. The molecule has 0 amide bonds. The van der Waals surface area contributed by atoms with Crippen molar-refractivity contribution >= 4 is 0 Å². The summed E-state index contributed by atoms with van der Waals surface area (Å²) in [4.78, 5) is 0. The summed E-state index contributed by atoms with van der Waals surface area (Å²) < 4.78 is 11.1. The number of hydrogen-bond donors (Lipinski definition) is 2. The maximum Gasteiger partial charge on any atom is 0.123 e. The summed E-state index contributed by atoms with van der Waals surface area (Å²) in [7, 11) is 0. The van der Waals surface area contributed by atoms with E-state index < -0.39 is 0 Å². The minimum Gasteiger partial charge on any atom is -0.507 e. The molecular weight excluding hydrogens is 292 g/mol. The number of benzene rings is 2. The minimum atomic E-state index is 0.0666. The van der Waals surface area contributed by atoms with Crippen LogP contribution in [0, 0.1) is 0 Å². The monoisotopic (exact) mass is 314 g/mol. The molecule has 0 fully saturated rings. The Bertz CT molecular complexity index is 664. The van der Waals surface area contributed by atoms with E-state index in [2.05, 4.69) is 13.5 Å².